The zero-order chi connectivity index (χ0) is 25.5. The highest BCUT2D eigenvalue weighted by atomic mass is 79.9. The lowest BCUT2D eigenvalue weighted by Crippen LogP contribution is -2.84. The number of alkyl halides is 2. The van der Waals surface area contributed by atoms with Crippen LogP contribution in [-0.4, -0.2) is 91.1 Å². The van der Waals surface area contributed by atoms with E-state index in [2.05, 4.69) is 20.8 Å². The maximum Gasteiger partial charge on any atom is 0.344 e. The first-order valence-corrected chi connectivity index (χ1v) is 12.8. The van der Waals surface area contributed by atoms with Crippen LogP contribution in [0.25, 0.3) is 0 Å². The predicted octanol–water partition coefficient (Wildman–Crippen LogP) is 2.19. The van der Waals surface area contributed by atoms with Crippen molar-refractivity contribution in [1.29, 1.82) is 0 Å². The van der Waals surface area contributed by atoms with Crippen LogP contribution in [0.2, 0.25) is 0 Å². The summed E-state index contributed by atoms with van der Waals surface area (Å²) in [6.45, 7) is 4.00. The first kappa shape index (κ1) is 24.8. The van der Waals surface area contributed by atoms with Crippen molar-refractivity contribution < 1.29 is 33.3 Å². The van der Waals surface area contributed by atoms with Gasteiger partial charge >= 0.3 is 11.9 Å². The van der Waals surface area contributed by atoms with Gasteiger partial charge < -0.3 is 24.2 Å². The lowest BCUT2D eigenvalue weighted by molar-refractivity contribution is -0.252. The minimum absolute atomic E-state index is 0.113. The third kappa shape index (κ3) is 2.90. The largest absolute Gasteiger partial charge is 0.497 e. The highest BCUT2D eigenvalue weighted by Crippen LogP contribution is 2.69. The van der Waals surface area contributed by atoms with Gasteiger partial charge in [0.25, 0.3) is 0 Å². The smallest absolute Gasteiger partial charge is 0.344 e. The summed E-state index contributed by atoms with van der Waals surface area (Å²) >= 11 is 3.70. The van der Waals surface area contributed by atoms with Crippen LogP contribution in [-0.2, 0) is 24.5 Å². The summed E-state index contributed by atoms with van der Waals surface area (Å²) in [5.74, 6) is -0.993. The molecule has 2 saturated heterocycles. The van der Waals surface area contributed by atoms with E-state index in [0.717, 1.165) is 11.3 Å². The zero-order valence-corrected chi connectivity index (χ0v) is 22.2. The van der Waals surface area contributed by atoms with Gasteiger partial charge in [-0.2, -0.15) is 0 Å². The molecule has 3 aliphatic heterocycles. The molecule has 1 N–H and O–H groups in total. The van der Waals surface area contributed by atoms with Gasteiger partial charge in [-0.15, -0.1) is 0 Å². The zero-order valence-electron chi connectivity index (χ0n) is 20.6. The Hall–Kier alpha value is -1.91. The predicted molar refractivity (Wildman–Crippen MR) is 130 cm³/mol. The average molecular weight is 555 g/mol. The van der Waals surface area contributed by atoms with Gasteiger partial charge in [-0.25, -0.2) is 9.18 Å². The Morgan fingerprint density at radius 2 is 2.00 bits per heavy atom. The Labute approximate surface area is 212 Å². The number of rotatable bonds is 4. The molecule has 192 valence electrons. The molecule has 4 aliphatic rings. The molecule has 1 aliphatic carbocycles. The SMILES string of the molecule is COC(=O)[C@]1(O)[C@@H]2N(C)c3cc(OC)ccc3[C@@]23CCN2CC(Br)C[C@]([C@H](C)F)([C@H]23)[C@H]1OC(C)=O. The molecule has 3 heterocycles. The maximum atomic E-state index is 16.2. The van der Waals surface area contributed by atoms with E-state index in [0.29, 0.717) is 25.3 Å². The number of benzene rings is 1. The third-order valence-electron chi connectivity index (χ3n) is 8.99. The Morgan fingerprint density at radius 3 is 2.60 bits per heavy atom. The first-order chi connectivity index (χ1) is 16.5. The molecule has 1 unspecified atom stereocenters. The summed E-state index contributed by atoms with van der Waals surface area (Å²) in [4.78, 5) is 30.0. The second-order valence-electron chi connectivity index (χ2n) is 10.4. The molecular weight excluding hydrogens is 523 g/mol. The van der Waals surface area contributed by atoms with E-state index in [1.807, 2.05) is 23.1 Å². The molecule has 1 spiro atoms. The van der Waals surface area contributed by atoms with Gasteiger partial charge in [0, 0.05) is 48.6 Å². The van der Waals surface area contributed by atoms with Crippen LogP contribution in [0.15, 0.2) is 18.2 Å². The van der Waals surface area contributed by atoms with Crippen molar-refractivity contribution in [3.05, 3.63) is 23.8 Å². The molecule has 1 aromatic carbocycles. The lowest BCUT2D eigenvalue weighted by atomic mass is 9.46. The number of halogens is 2. The summed E-state index contributed by atoms with van der Waals surface area (Å²) in [7, 11) is 4.57. The van der Waals surface area contributed by atoms with E-state index in [-0.39, 0.29) is 11.2 Å². The van der Waals surface area contributed by atoms with E-state index in [4.69, 9.17) is 14.2 Å². The van der Waals surface area contributed by atoms with Crippen LogP contribution >= 0.6 is 15.9 Å². The number of carbonyl (C=O) groups is 2. The lowest BCUT2D eigenvalue weighted by Gasteiger charge is -2.65. The minimum Gasteiger partial charge on any atom is -0.497 e. The van der Waals surface area contributed by atoms with Crippen LogP contribution in [0.3, 0.4) is 0 Å². The van der Waals surface area contributed by atoms with Crippen LogP contribution in [0.4, 0.5) is 10.1 Å². The number of hydrogen-bond donors (Lipinski definition) is 1. The fourth-order valence-corrected chi connectivity index (χ4v) is 9.03. The van der Waals surface area contributed by atoms with Crippen molar-refractivity contribution in [3.63, 3.8) is 0 Å². The molecule has 1 aromatic rings. The Bertz CT molecular complexity index is 1070. The number of hydrogen-bond acceptors (Lipinski definition) is 8. The second-order valence-corrected chi connectivity index (χ2v) is 11.7. The number of esters is 2. The number of carbonyl (C=O) groups excluding carboxylic acids is 2. The van der Waals surface area contributed by atoms with Crippen molar-refractivity contribution in [3.8, 4) is 5.75 Å². The quantitative estimate of drug-likeness (QED) is 0.447. The Morgan fingerprint density at radius 1 is 1.29 bits per heavy atom. The number of aliphatic hydroxyl groups is 1. The molecule has 0 amide bonds. The summed E-state index contributed by atoms with van der Waals surface area (Å²) in [6.07, 6.45) is -2.07. The van der Waals surface area contributed by atoms with Gasteiger partial charge in [0.05, 0.1) is 25.7 Å². The fourth-order valence-electron chi connectivity index (χ4n) is 8.10. The van der Waals surface area contributed by atoms with Crippen molar-refractivity contribution >= 4 is 33.6 Å². The molecule has 3 fully saturated rings. The monoisotopic (exact) mass is 554 g/mol. The van der Waals surface area contributed by atoms with E-state index in [9.17, 15) is 14.7 Å². The molecule has 0 aromatic heterocycles. The third-order valence-corrected chi connectivity index (χ3v) is 9.60. The average Bonchev–Trinajstić information content (AvgIpc) is 3.31. The van der Waals surface area contributed by atoms with Gasteiger partial charge in [-0.3, -0.25) is 9.69 Å². The standard InChI is InChI=1S/C25H32BrFN2O6/c1-13(27)24-11-15(26)12-29-9-8-23(19(24)29)17-7-6-16(33-4)10-18(17)28(3)20(23)25(32,22(31)34-5)21(24)35-14(2)30/h6-7,10,13,15,19-21,32H,8-9,11-12H2,1-5H3/t13-,15?,19+,20+,21+,23+,24-,25-/m0/s1. The van der Waals surface area contributed by atoms with Crippen LogP contribution in [0.5, 0.6) is 5.75 Å². The van der Waals surface area contributed by atoms with Gasteiger partial charge in [0.2, 0.25) is 5.60 Å². The maximum absolute atomic E-state index is 16.2. The number of ether oxygens (including phenoxy) is 3. The molecule has 1 saturated carbocycles. The topological polar surface area (TPSA) is 88.5 Å². The normalized spacial score (nSPS) is 40.4. The van der Waals surface area contributed by atoms with Gasteiger partial charge in [-0.1, -0.05) is 22.0 Å². The van der Waals surface area contributed by atoms with Crippen LogP contribution in [0, 0.1) is 5.41 Å². The number of anilines is 1. The Balaban J connectivity index is 1.88. The van der Waals surface area contributed by atoms with Crippen LogP contribution in [0.1, 0.15) is 32.3 Å². The molecule has 8 nitrogen and oxygen atoms in total. The highest BCUT2D eigenvalue weighted by Gasteiger charge is 2.82. The molecule has 0 radical (unpaired) electrons. The molecule has 10 heteroatoms. The van der Waals surface area contributed by atoms with Gasteiger partial charge in [0.1, 0.15) is 11.9 Å². The first-order valence-electron chi connectivity index (χ1n) is 11.9. The number of fused-ring (bicyclic) bond motifs is 1. The van der Waals surface area contributed by atoms with Crippen molar-refractivity contribution in [2.24, 2.45) is 5.41 Å². The van der Waals surface area contributed by atoms with Crippen LogP contribution < -0.4 is 9.64 Å². The molecule has 8 atom stereocenters. The van der Waals surface area contributed by atoms with Gasteiger partial charge in [-0.05, 0) is 37.9 Å². The van der Waals surface area contributed by atoms with Crippen molar-refractivity contribution in [2.45, 2.75) is 66.9 Å². The summed E-state index contributed by atoms with van der Waals surface area (Å²) in [5, 5.41) is 12.5. The van der Waals surface area contributed by atoms with Gasteiger partial charge in [0.15, 0.2) is 6.10 Å². The molecule has 35 heavy (non-hydrogen) atoms. The number of methoxy groups -OCH3 is 2. The van der Waals surface area contributed by atoms with Crippen molar-refractivity contribution in [2.75, 3.05) is 39.3 Å². The molecule has 5 rings (SSSR count). The summed E-state index contributed by atoms with van der Waals surface area (Å²) in [6, 6.07) is 4.44. The number of likely N-dealkylation sites (N-methyl/N-ethyl adjacent to an activating group) is 1. The van der Waals surface area contributed by atoms with Crippen molar-refractivity contribution in [1.82, 2.24) is 4.90 Å². The summed E-state index contributed by atoms with van der Waals surface area (Å²) < 4.78 is 32.6. The van der Waals surface area contributed by atoms with E-state index in [1.54, 1.807) is 14.2 Å². The van der Waals surface area contributed by atoms with E-state index < -0.39 is 52.7 Å². The fraction of sp³-hybridized carbons (Fsp3) is 0.680. The Kier molecular flexibility index (Phi) is 5.69. The number of nitrogens with zero attached hydrogens (tertiary/aromatic N) is 2. The molecular formula is C25H32BrFN2O6. The second kappa shape index (κ2) is 8.05. The minimum atomic E-state index is -2.32. The summed E-state index contributed by atoms with van der Waals surface area (Å²) in [5.41, 5.74) is -2.76. The highest BCUT2D eigenvalue weighted by molar-refractivity contribution is 9.09. The van der Waals surface area contributed by atoms with E-state index >= 15 is 4.39 Å². The number of piperidine rings is 1. The molecule has 0 bridgehead atoms. The van der Waals surface area contributed by atoms with E-state index in [1.165, 1.54) is 21.0 Å².